The first-order chi connectivity index (χ1) is 14.1. The van der Waals surface area contributed by atoms with E-state index in [4.69, 9.17) is 5.10 Å². The Morgan fingerprint density at radius 2 is 1.90 bits per heavy atom. The van der Waals surface area contributed by atoms with Crippen molar-refractivity contribution < 1.29 is 0 Å². The van der Waals surface area contributed by atoms with Gasteiger partial charge >= 0.3 is 0 Å². The molecule has 4 heteroatoms. The smallest absolute Gasteiger partial charge is 0.129 e. The summed E-state index contributed by atoms with van der Waals surface area (Å²) >= 11 is 0. The van der Waals surface area contributed by atoms with Gasteiger partial charge in [-0.1, -0.05) is 33.3 Å². The van der Waals surface area contributed by atoms with E-state index in [-0.39, 0.29) is 5.54 Å². The highest BCUT2D eigenvalue weighted by atomic mass is 15.4. The van der Waals surface area contributed by atoms with Gasteiger partial charge in [0.15, 0.2) is 0 Å². The fraction of sp³-hybridized carbons (Fsp3) is 0.654. The fourth-order valence-corrected chi connectivity index (χ4v) is 4.77. The molecule has 4 nitrogen and oxygen atoms in total. The minimum Gasteiger partial charge on any atom is -0.340 e. The Bertz CT molecular complexity index is 857. The van der Waals surface area contributed by atoms with E-state index in [1.54, 1.807) is 0 Å². The Hall–Kier alpha value is -1.81. The van der Waals surface area contributed by atoms with Gasteiger partial charge in [0.2, 0.25) is 0 Å². The van der Waals surface area contributed by atoms with E-state index >= 15 is 0 Å². The molecule has 0 aliphatic heterocycles. The fourth-order valence-electron chi connectivity index (χ4n) is 4.77. The van der Waals surface area contributed by atoms with E-state index in [2.05, 4.69) is 88.9 Å². The van der Waals surface area contributed by atoms with Crippen LogP contribution in [0.25, 0.3) is 0 Å². The van der Waals surface area contributed by atoms with E-state index in [1.165, 1.54) is 47.3 Å². The van der Waals surface area contributed by atoms with Gasteiger partial charge in [0.1, 0.15) is 5.82 Å². The molecular formula is C26H42N4. The Labute approximate surface area is 183 Å². The molecule has 166 valence electrons. The monoisotopic (exact) mass is 410 g/mol. The normalized spacial score (nSPS) is 19.6. The number of hydrogen-bond acceptors (Lipinski definition) is 3. The average molecular weight is 411 g/mol. The van der Waals surface area contributed by atoms with E-state index < -0.39 is 0 Å². The molecule has 1 heterocycles. The molecule has 2 unspecified atom stereocenters. The molecule has 1 aromatic carbocycles. The van der Waals surface area contributed by atoms with Crippen LogP contribution in [0.4, 0.5) is 11.5 Å². The van der Waals surface area contributed by atoms with Crippen molar-refractivity contribution in [2.24, 2.45) is 0 Å². The molecule has 2 atom stereocenters. The second kappa shape index (κ2) is 9.13. The van der Waals surface area contributed by atoms with Crippen LogP contribution in [0.1, 0.15) is 95.5 Å². The second-order valence-corrected chi connectivity index (χ2v) is 10.5. The third-order valence-corrected chi connectivity index (χ3v) is 6.42. The van der Waals surface area contributed by atoms with Crippen LogP contribution < -0.4 is 10.6 Å². The maximum atomic E-state index is 5.12. The Morgan fingerprint density at radius 3 is 2.53 bits per heavy atom. The average Bonchev–Trinajstić information content (AvgIpc) is 3.27. The third kappa shape index (κ3) is 5.08. The lowest BCUT2D eigenvalue weighted by Crippen LogP contribution is -2.32. The van der Waals surface area contributed by atoms with Crippen molar-refractivity contribution in [3.63, 3.8) is 0 Å². The van der Waals surface area contributed by atoms with Crippen molar-refractivity contribution in [2.45, 2.75) is 111 Å². The standard InChI is InChI=1S/C26H42N4/c1-9-10-22-19(5)18(4)11-14-23(22)28-25-16-24(29-30(25)26(6,7)8)20-12-13-21(15-20)27-17(2)3/h11,14,16-17,20-21,27-28H,9-10,12-13,15H2,1-8H3. The van der Waals surface area contributed by atoms with E-state index in [0.717, 1.165) is 18.7 Å². The van der Waals surface area contributed by atoms with Crippen LogP contribution in [0.2, 0.25) is 0 Å². The number of nitrogens with one attached hydrogen (secondary N) is 2. The molecule has 1 aromatic heterocycles. The first-order valence-electron chi connectivity index (χ1n) is 11.8. The van der Waals surface area contributed by atoms with Gasteiger partial charge in [-0.25, -0.2) is 4.68 Å². The maximum absolute atomic E-state index is 5.12. The minimum atomic E-state index is -0.0700. The number of nitrogens with zero attached hydrogens (tertiary/aromatic N) is 2. The van der Waals surface area contributed by atoms with E-state index in [0.29, 0.717) is 18.0 Å². The molecule has 30 heavy (non-hydrogen) atoms. The molecule has 1 fully saturated rings. The van der Waals surface area contributed by atoms with E-state index in [9.17, 15) is 0 Å². The summed E-state index contributed by atoms with van der Waals surface area (Å²) in [6.07, 6.45) is 5.89. The van der Waals surface area contributed by atoms with Crippen molar-refractivity contribution >= 4 is 11.5 Å². The molecule has 1 aliphatic rings. The summed E-state index contributed by atoms with van der Waals surface area (Å²) in [5.74, 6) is 1.65. The lowest BCUT2D eigenvalue weighted by Gasteiger charge is -2.24. The molecule has 2 N–H and O–H groups in total. The number of anilines is 2. The van der Waals surface area contributed by atoms with Crippen molar-refractivity contribution in [2.75, 3.05) is 5.32 Å². The number of benzene rings is 1. The molecule has 0 amide bonds. The molecule has 1 aliphatic carbocycles. The van der Waals surface area contributed by atoms with Crippen LogP contribution in [0.5, 0.6) is 0 Å². The quantitative estimate of drug-likeness (QED) is 0.541. The van der Waals surface area contributed by atoms with Crippen molar-refractivity contribution in [3.8, 4) is 0 Å². The SMILES string of the molecule is CCCc1c(Nc2cc(C3CCC(NC(C)C)C3)nn2C(C)(C)C)ccc(C)c1C. The molecule has 0 radical (unpaired) electrons. The number of rotatable bonds is 7. The first kappa shape index (κ1) is 22.9. The zero-order valence-electron chi connectivity index (χ0n) is 20.4. The van der Waals surface area contributed by atoms with Crippen LogP contribution in [0.15, 0.2) is 18.2 Å². The van der Waals surface area contributed by atoms with Gasteiger partial charge in [-0.3, -0.25) is 0 Å². The Kier molecular flexibility index (Phi) is 6.96. The largest absolute Gasteiger partial charge is 0.340 e. The maximum Gasteiger partial charge on any atom is 0.129 e. The van der Waals surface area contributed by atoms with Crippen LogP contribution in [-0.4, -0.2) is 21.9 Å². The van der Waals surface area contributed by atoms with Crippen LogP contribution in [-0.2, 0) is 12.0 Å². The molecule has 2 aromatic rings. The summed E-state index contributed by atoms with van der Waals surface area (Å²) in [5, 5.41) is 12.6. The lowest BCUT2D eigenvalue weighted by molar-refractivity contribution is 0.356. The van der Waals surface area contributed by atoms with Gasteiger partial charge in [-0.15, -0.1) is 0 Å². The van der Waals surface area contributed by atoms with Gasteiger partial charge in [-0.05, 0) is 83.1 Å². The van der Waals surface area contributed by atoms with Gasteiger partial charge in [0, 0.05) is 29.8 Å². The highest BCUT2D eigenvalue weighted by Crippen LogP contribution is 2.37. The van der Waals surface area contributed by atoms with Crippen molar-refractivity contribution in [1.82, 2.24) is 15.1 Å². The van der Waals surface area contributed by atoms with Gasteiger partial charge < -0.3 is 10.6 Å². The van der Waals surface area contributed by atoms with Crippen molar-refractivity contribution in [1.29, 1.82) is 0 Å². The topological polar surface area (TPSA) is 41.9 Å². The Morgan fingerprint density at radius 1 is 1.17 bits per heavy atom. The van der Waals surface area contributed by atoms with Gasteiger partial charge in [0.05, 0.1) is 11.2 Å². The van der Waals surface area contributed by atoms with Crippen LogP contribution in [0.3, 0.4) is 0 Å². The highest BCUT2D eigenvalue weighted by Gasteiger charge is 2.30. The molecule has 3 rings (SSSR count). The Balaban J connectivity index is 1.91. The number of hydrogen-bond donors (Lipinski definition) is 2. The summed E-state index contributed by atoms with van der Waals surface area (Å²) in [4.78, 5) is 0. The van der Waals surface area contributed by atoms with Gasteiger partial charge in [-0.2, -0.15) is 5.10 Å². The molecule has 0 saturated heterocycles. The second-order valence-electron chi connectivity index (χ2n) is 10.5. The highest BCUT2D eigenvalue weighted by molar-refractivity contribution is 5.64. The molecular weight excluding hydrogens is 368 g/mol. The minimum absolute atomic E-state index is 0.0700. The summed E-state index contributed by atoms with van der Waals surface area (Å²) in [7, 11) is 0. The summed E-state index contributed by atoms with van der Waals surface area (Å²) in [6.45, 7) is 17.9. The first-order valence-corrected chi connectivity index (χ1v) is 11.8. The van der Waals surface area contributed by atoms with Crippen molar-refractivity contribution in [3.05, 3.63) is 40.6 Å². The molecule has 1 saturated carbocycles. The van der Waals surface area contributed by atoms with Gasteiger partial charge in [0.25, 0.3) is 0 Å². The summed E-state index contributed by atoms with van der Waals surface area (Å²) < 4.78 is 2.19. The van der Waals surface area contributed by atoms with Crippen LogP contribution >= 0.6 is 0 Å². The number of aryl methyl sites for hydroxylation is 1. The summed E-state index contributed by atoms with van der Waals surface area (Å²) in [5.41, 5.74) is 6.59. The summed E-state index contributed by atoms with van der Waals surface area (Å²) in [6, 6.07) is 7.93. The predicted octanol–water partition coefficient (Wildman–Crippen LogP) is 6.59. The lowest BCUT2D eigenvalue weighted by atomic mass is 9.97. The zero-order valence-corrected chi connectivity index (χ0v) is 20.4. The van der Waals surface area contributed by atoms with E-state index in [1.807, 2.05) is 0 Å². The predicted molar refractivity (Wildman–Crippen MR) is 129 cm³/mol. The van der Waals surface area contributed by atoms with Crippen LogP contribution in [0, 0.1) is 13.8 Å². The number of aromatic nitrogens is 2. The molecule has 0 spiro atoms. The molecule has 0 bridgehead atoms. The third-order valence-electron chi connectivity index (χ3n) is 6.42. The zero-order chi connectivity index (χ0) is 22.1.